The summed E-state index contributed by atoms with van der Waals surface area (Å²) in [6.07, 6.45) is 8.43. The van der Waals surface area contributed by atoms with Crippen molar-refractivity contribution < 1.29 is 13.2 Å². The van der Waals surface area contributed by atoms with E-state index in [0.717, 1.165) is 17.4 Å². The second kappa shape index (κ2) is 7.78. The van der Waals surface area contributed by atoms with Gasteiger partial charge in [-0.1, -0.05) is 6.92 Å². The molecule has 0 spiro atoms. The number of aryl methyl sites for hydroxylation is 1. The van der Waals surface area contributed by atoms with Crippen molar-refractivity contribution >= 4 is 27.8 Å². The normalized spacial score (nSPS) is 24.7. The summed E-state index contributed by atoms with van der Waals surface area (Å²) in [5.74, 6) is 1.59. The standard InChI is InChI=1S/C25H26F3N5/c1-13-14-2-4-15(5-3-14)21(13)30-23-17-6-8-33(9-7-26)25(17)32-24(31-23)19-12-29-22-18(19)10-16(27)11-20(22)28/h6,8,10-15,21,29H,2-5,7,9H2,1H3,(H,30,31,32). The molecule has 3 heterocycles. The molecule has 7 rings (SSSR count). The zero-order chi connectivity index (χ0) is 22.7. The Morgan fingerprint density at radius 2 is 1.88 bits per heavy atom. The maximum atomic E-state index is 14.3. The summed E-state index contributed by atoms with van der Waals surface area (Å²) in [5.41, 5.74) is 1.33. The van der Waals surface area contributed by atoms with Crippen LogP contribution in [0.1, 0.15) is 32.6 Å². The monoisotopic (exact) mass is 453 g/mol. The molecule has 3 saturated carbocycles. The first-order valence-electron chi connectivity index (χ1n) is 11.7. The summed E-state index contributed by atoms with van der Waals surface area (Å²) < 4.78 is 43.3. The van der Waals surface area contributed by atoms with Crippen LogP contribution in [0.5, 0.6) is 0 Å². The van der Waals surface area contributed by atoms with Crippen molar-refractivity contribution in [2.75, 3.05) is 12.0 Å². The Kier molecular flexibility index (Phi) is 4.85. The molecular formula is C25H26F3N5. The Bertz CT molecular complexity index is 1330. The molecular weight excluding hydrogens is 427 g/mol. The van der Waals surface area contributed by atoms with Gasteiger partial charge in [0.05, 0.1) is 17.4 Å². The van der Waals surface area contributed by atoms with Crippen molar-refractivity contribution in [3.05, 3.63) is 42.2 Å². The highest BCUT2D eigenvalue weighted by Gasteiger charge is 2.41. The van der Waals surface area contributed by atoms with E-state index in [0.29, 0.717) is 46.1 Å². The zero-order valence-corrected chi connectivity index (χ0v) is 18.4. The second-order valence-corrected chi connectivity index (χ2v) is 9.55. The summed E-state index contributed by atoms with van der Waals surface area (Å²) in [7, 11) is 0. The number of anilines is 1. The molecule has 2 bridgehead atoms. The third-order valence-electron chi connectivity index (χ3n) is 7.83. The first kappa shape index (κ1) is 20.6. The van der Waals surface area contributed by atoms with E-state index in [2.05, 4.69) is 17.2 Å². The van der Waals surface area contributed by atoms with Gasteiger partial charge in [-0.3, -0.25) is 0 Å². The van der Waals surface area contributed by atoms with Crippen LogP contribution >= 0.6 is 0 Å². The average molecular weight is 454 g/mol. The molecule has 0 aliphatic heterocycles. The lowest BCUT2D eigenvalue weighted by Gasteiger charge is -2.47. The number of aromatic nitrogens is 4. The molecule has 172 valence electrons. The van der Waals surface area contributed by atoms with Crippen LogP contribution in [0, 0.1) is 29.4 Å². The Morgan fingerprint density at radius 3 is 2.64 bits per heavy atom. The molecule has 3 aliphatic carbocycles. The predicted octanol–water partition coefficient (Wildman–Crippen LogP) is 6.06. The second-order valence-electron chi connectivity index (χ2n) is 9.55. The van der Waals surface area contributed by atoms with E-state index in [-0.39, 0.29) is 12.1 Å². The Morgan fingerprint density at radius 1 is 1.09 bits per heavy atom. The molecule has 3 aromatic heterocycles. The fraction of sp³-hybridized carbons (Fsp3) is 0.440. The quantitative estimate of drug-likeness (QED) is 0.386. The predicted molar refractivity (Wildman–Crippen MR) is 123 cm³/mol. The highest BCUT2D eigenvalue weighted by atomic mass is 19.1. The Balaban J connectivity index is 1.50. The van der Waals surface area contributed by atoms with Gasteiger partial charge in [-0.05, 0) is 55.6 Å². The first-order chi connectivity index (χ1) is 16.0. The molecule has 0 saturated heterocycles. The number of halogens is 3. The van der Waals surface area contributed by atoms with Crippen LogP contribution in [-0.4, -0.2) is 32.2 Å². The molecule has 3 fully saturated rings. The van der Waals surface area contributed by atoms with Crippen molar-refractivity contribution in [2.24, 2.45) is 17.8 Å². The van der Waals surface area contributed by atoms with Gasteiger partial charge in [-0.25, -0.2) is 23.1 Å². The number of hydrogen-bond donors (Lipinski definition) is 2. The number of fused-ring (bicyclic) bond motifs is 5. The zero-order valence-electron chi connectivity index (χ0n) is 18.4. The largest absolute Gasteiger partial charge is 0.366 e. The van der Waals surface area contributed by atoms with Crippen molar-refractivity contribution in [1.29, 1.82) is 0 Å². The molecule has 2 N–H and O–H groups in total. The van der Waals surface area contributed by atoms with Gasteiger partial charge in [0.2, 0.25) is 0 Å². The van der Waals surface area contributed by atoms with E-state index in [1.165, 1.54) is 31.7 Å². The van der Waals surface area contributed by atoms with Crippen molar-refractivity contribution in [3.8, 4) is 11.4 Å². The summed E-state index contributed by atoms with van der Waals surface area (Å²) in [6, 6.07) is 4.36. The fourth-order valence-electron chi connectivity index (χ4n) is 6.07. The van der Waals surface area contributed by atoms with E-state index in [9.17, 15) is 13.2 Å². The minimum Gasteiger partial charge on any atom is -0.366 e. The van der Waals surface area contributed by atoms with Gasteiger partial charge in [0.1, 0.15) is 29.8 Å². The number of aromatic amines is 1. The van der Waals surface area contributed by atoms with Gasteiger partial charge in [0, 0.05) is 35.5 Å². The molecule has 2 unspecified atom stereocenters. The Hall–Kier alpha value is -3.03. The van der Waals surface area contributed by atoms with Gasteiger partial charge in [-0.15, -0.1) is 0 Å². The number of nitrogens with one attached hydrogen (secondary N) is 2. The van der Waals surface area contributed by atoms with E-state index in [1.54, 1.807) is 10.8 Å². The third kappa shape index (κ3) is 3.30. The molecule has 1 aromatic carbocycles. The number of benzene rings is 1. The van der Waals surface area contributed by atoms with Crippen LogP contribution < -0.4 is 5.32 Å². The van der Waals surface area contributed by atoms with Gasteiger partial charge in [0.25, 0.3) is 0 Å². The molecule has 0 radical (unpaired) electrons. The van der Waals surface area contributed by atoms with Crippen molar-refractivity contribution in [1.82, 2.24) is 19.5 Å². The van der Waals surface area contributed by atoms with E-state index in [4.69, 9.17) is 9.97 Å². The van der Waals surface area contributed by atoms with Crippen LogP contribution in [-0.2, 0) is 6.54 Å². The molecule has 4 aromatic rings. The maximum absolute atomic E-state index is 14.3. The molecule has 2 atom stereocenters. The molecule has 33 heavy (non-hydrogen) atoms. The lowest BCUT2D eigenvalue weighted by Crippen LogP contribution is -2.47. The van der Waals surface area contributed by atoms with Gasteiger partial charge >= 0.3 is 0 Å². The van der Waals surface area contributed by atoms with Crippen LogP contribution in [0.25, 0.3) is 33.3 Å². The highest BCUT2D eigenvalue weighted by molar-refractivity contribution is 5.96. The van der Waals surface area contributed by atoms with Crippen LogP contribution in [0.3, 0.4) is 0 Å². The van der Waals surface area contributed by atoms with E-state index < -0.39 is 18.3 Å². The van der Waals surface area contributed by atoms with Crippen molar-refractivity contribution in [3.63, 3.8) is 0 Å². The van der Waals surface area contributed by atoms with E-state index >= 15 is 0 Å². The molecule has 8 heteroatoms. The average Bonchev–Trinajstić information content (AvgIpc) is 3.41. The van der Waals surface area contributed by atoms with E-state index in [1.807, 2.05) is 12.3 Å². The number of rotatable bonds is 5. The van der Waals surface area contributed by atoms with Crippen molar-refractivity contribution in [2.45, 2.75) is 45.2 Å². The molecule has 0 amide bonds. The Labute approximate surface area is 189 Å². The first-order valence-corrected chi connectivity index (χ1v) is 11.7. The lowest BCUT2D eigenvalue weighted by atomic mass is 9.62. The molecule has 5 nitrogen and oxygen atoms in total. The van der Waals surface area contributed by atoms with Crippen LogP contribution in [0.2, 0.25) is 0 Å². The number of alkyl halides is 1. The topological polar surface area (TPSA) is 58.5 Å². The van der Waals surface area contributed by atoms with Gasteiger partial charge in [-0.2, -0.15) is 0 Å². The fourth-order valence-corrected chi connectivity index (χ4v) is 6.07. The SMILES string of the molecule is CC1C2CCC(CC2)C1Nc1nc(-c2c[nH]c3c(F)cc(F)cc23)nc2c1ccn2CCF. The lowest BCUT2D eigenvalue weighted by molar-refractivity contribution is 0.0929. The van der Waals surface area contributed by atoms with Crippen LogP contribution in [0.4, 0.5) is 19.0 Å². The smallest absolute Gasteiger partial charge is 0.166 e. The summed E-state index contributed by atoms with van der Waals surface area (Å²) >= 11 is 0. The maximum Gasteiger partial charge on any atom is 0.166 e. The summed E-state index contributed by atoms with van der Waals surface area (Å²) in [5, 5.41) is 4.93. The van der Waals surface area contributed by atoms with Gasteiger partial charge < -0.3 is 14.9 Å². The van der Waals surface area contributed by atoms with Gasteiger partial charge in [0.15, 0.2) is 5.82 Å². The number of nitrogens with zero attached hydrogens (tertiary/aromatic N) is 3. The molecule has 3 aliphatic rings. The number of hydrogen-bond acceptors (Lipinski definition) is 3. The minimum absolute atomic E-state index is 0.182. The summed E-state index contributed by atoms with van der Waals surface area (Å²) in [6.45, 7) is 1.98. The third-order valence-corrected chi connectivity index (χ3v) is 7.83. The highest BCUT2D eigenvalue weighted by Crippen LogP contribution is 2.46. The van der Waals surface area contributed by atoms with Crippen LogP contribution in [0.15, 0.2) is 30.6 Å². The minimum atomic E-state index is -0.663. The number of H-pyrrole nitrogens is 1. The summed E-state index contributed by atoms with van der Waals surface area (Å²) in [4.78, 5) is 12.4.